The molecule has 0 spiro atoms. The molecule has 1 saturated heterocycles. The molecule has 30 heavy (non-hydrogen) atoms. The number of rotatable bonds is 7. The van der Waals surface area contributed by atoms with Crippen molar-refractivity contribution in [3.8, 4) is 0 Å². The zero-order chi connectivity index (χ0) is 20.8. The third kappa shape index (κ3) is 6.44. The van der Waals surface area contributed by atoms with Crippen LogP contribution in [0.1, 0.15) is 49.8 Å². The lowest BCUT2D eigenvalue weighted by molar-refractivity contribution is 0.265. The van der Waals surface area contributed by atoms with Gasteiger partial charge in [0.2, 0.25) is 0 Å². The van der Waals surface area contributed by atoms with Gasteiger partial charge in [-0.15, -0.1) is 24.0 Å². The van der Waals surface area contributed by atoms with Crippen molar-refractivity contribution in [2.45, 2.75) is 52.2 Å². The monoisotopic (exact) mass is 524 g/mol. The first-order valence-electron chi connectivity index (χ1n) is 10.8. The number of guanidine groups is 1. The fraction of sp³-hybridized carbons (Fsp3) is 0.565. The van der Waals surface area contributed by atoms with Gasteiger partial charge in [-0.25, -0.2) is 4.99 Å². The van der Waals surface area contributed by atoms with Gasteiger partial charge in [0.15, 0.2) is 5.96 Å². The molecule has 1 atom stereocenters. The Kier molecular flexibility index (Phi) is 9.61. The Hall–Kier alpha value is -1.61. The first-order chi connectivity index (χ1) is 14.0. The van der Waals surface area contributed by atoms with Crippen molar-refractivity contribution in [1.82, 2.24) is 24.9 Å². The molecule has 0 aliphatic carbocycles. The van der Waals surface area contributed by atoms with Crippen molar-refractivity contribution in [3.05, 3.63) is 53.3 Å². The van der Waals surface area contributed by atoms with E-state index in [0.717, 1.165) is 38.6 Å². The van der Waals surface area contributed by atoms with Crippen LogP contribution in [0, 0.1) is 0 Å². The first kappa shape index (κ1) is 24.7. The number of nitrogens with zero attached hydrogens (tertiary/aromatic N) is 5. The summed E-state index contributed by atoms with van der Waals surface area (Å²) in [5.74, 6) is 1.55. The molecule has 6 nitrogen and oxygen atoms in total. The standard InChI is InChI=1S/C23H36N6.HI/c1-6-24-23(29-12-11-21(17-29)22-14-26-28(5)16-22)25-13-19-9-7-8-10-20(19)15-27(4)18(2)3;/h7-10,14,16,18,21H,6,11-13,15,17H2,1-5H3,(H,24,25);1H. The molecule has 0 radical (unpaired) electrons. The van der Waals surface area contributed by atoms with Gasteiger partial charge >= 0.3 is 0 Å². The topological polar surface area (TPSA) is 48.7 Å². The molecule has 7 heteroatoms. The molecule has 166 valence electrons. The second-order valence-corrected chi connectivity index (χ2v) is 8.33. The summed E-state index contributed by atoms with van der Waals surface area (Å²) in [7, 11) is 4.16. The maximum atomic E-state index is 5.00. The summed E-state index contributed by atoms with van der Waals surface area (Å²) >= 11 is 0. The van der Waals surface area contributed by atoms with Crippen LogP contribution in [0.15, 0.2) is 41.7 Å². The summed E-state index contributed by atoms with van der Waals surface area (Å²) in [5, 5.41) is 7.83. The first-order valence-corrected chi connectivity index (χ1v) is 10.8. The minimum absolute atomic E-state index is 0. The van der Waals surface area contributed by atoms with E-state index in [2.05, 4.69) is 78.5 Å². The highest BCUT2D eigenvalue weighted by Crippen LogP contribution is 2.26. The van der Waals surface area contributed by atoms with E-state index in [-0.39, 0.29) is 24.0 Å². The molecule has 1 aromatic heterocycles. The molecule has 0 bridgehead atoms. The van der Waals surface area contributed by atoms with Crippen LogP contribution in [-0.4, -0.2) is 58.3 Å². The van der Waals surface area contributed by atoms with Crippen molar-refractivity contribution in [2.75, 3.05) is 26.7 Å². The summed E-state index contributed by atoms with van der Waals surface area (Å²) in [6.45, 7) is 11.2. The largest absolute Gasteiger partial charge is 0.357 e. The minimum Gasteiger partial charge on any atom is -0.357 e. The van der Waals surface area contributed by atoms with Crippen molar-refractivity contribution in [1.29, 1.82) is 0 Å². The van der Waals surface area contributed by atoms with E-state index in [0.29, 0.717) is 18.5 Å². The van der Waals surface area contributed by atoms with Gasteiger partial charge < -0.3 is 10.2 Å². The Balaban J connectivity index is 0.00000320. The molecule has 2 heterocycles. The fourth-order valence-corrected chi connectivity index (χ4v) is 3.78. The summed E-state index contributed by atoms with van der Waals surface area (Å²) in [5.41, 5.74) is 3.99. The van der Waals surface area contributed by atoms with Crippen molar-refractivity contribution in [2.24, 2.45) is 12.0 Å². The number of aromatic nitrogens is 2. The van der Waals surface area contributed by atoms with Crippen LogP contribution >= 0.6 is 24.0 Å². The molecule has 1 aromatic carbocycles. The van der Waals surface area contributed by atoms with E-state index in [1.54, 1.807) is 0 Å². The molecule has 2 aromatic rings. The summed E-state index contributed by atoms with van der Waals surface area (Å²) in [6, 6.07) is 9.20. The van der Waals surface area contributed by atoms with E-state index in [9.17, 15) is 0 Å². The number of halogens is 1. The molecule has 1 aliphatic heterocycles. The second kappa shape index (κ2) is 11.7. The SMILES string of the molecule is CCNC(=NCc1ccccc1CN(C)C(C)C)N1CCC(c2cnn(C)c2)C1.I. The maximum Gasteiger partial charge on any atom is 0.194 e. The van der Waals surface area contributed by atoms with Crippen molar-refractivity contribution in [3.63, 3.8) is 0 Å². The maximum absolute atomic E-state index is 5.00. The quantitative estimate of drug-likeness (QED) is 0.340. The predicted molar refractivity (Wildman–Crippen MR) is 135 cm³/mol. The van der Waals surface area contributed by atoms with Crippen molar-refractivity contribution < 1.29 is 0 Å². The number of benzene rings is 1. The number of aliphatic imine (C=N–C) groups is 1. The van der Waals surface area contributed by atoms with Gasteiger partial charge in [0.25, 0.3) is 0 Å². The molecule has 1 aliphatic rings. The molecule has 1 N–H and O–H groups in total. The van der Waals surface area contributed by atoms with Gasteiger partial charge in [0, 0.05) is 51.4 Å². The molecular formula is C23H37IN6. The number of nitrogens with one attached hydrogen (secondary N) is 1. The molecule has 0 saturated carbocycles. The zero-order valence-electron chi connectivity index (χ0n) is 19.0. The highest BCUT2D eigenvalue weighted by atomic mass is 127. The van der Waals surface area contributed by atoms with Crippen LogP contribution in [0.5, 0.6) is 0 Å². The van der Waals surface area contributed by atoms with E-state index >= 15 is 0 Å². The van der Waals surface area contributed by atoms with E-state index < -0.39 is 0 Å². The third-order valence-corrected chi connectivity index (χ3v) is 5.84. The third-order valence-electron chi connectivity index (χ3n) is 5.84. The van der Waals surface area contributed by atoms with Crippen LogP contribution in [-0.2, 0) is 20.1 Å². The van der Waals surface area contributed by atoms with Crippen LogP contribution in [0.2, 0.25) is 0 Å². The summed E-state index contributed by atoms with van der Waals surface area (Å²) in [4.78, 5) is 9.76. The molecular weight excluding hydrogens is 487 g/mol. The van der Waals surface area contributed by atoms with Gasteiger partial charge in [-0.2, -0.15) is 5.10 Å². The number of hydrogen-bond acceptors (Lipinski definition) is 3. The highest BCUT2D eigenvalue weighted by molar-refractivity contribution is 14.0. The second-order valence-electron chi connectivity index (χ2n) is 8.33. The highest BCUT2D eigenvalue weighted by Gasteiger charge is 2.26. The van der Waals surface area contributed by atoms with Crippen molar-refractivity contribution >= 4 is 29.9 Å². The van der Waals surface area contributed by atoms with Crippen LogP contribution in [0.3, 0.4) is 0 Å². The molecule has 1 unspecified atom stereocenters. The smallest absolute Gasteiger partial charge is 0.194 e. The summed E-state index contributed by atoms with van der Waals surface area (Å²) in [6.07, 6.45) is 5.28. The molecule has 1 fully saturated rings. The van der Waals surface area contributed by atoms with Gasteiger partial charge in [-0.05, 0) is 50.9 Å². The van der Waals surface area contributed by atoms with E-state index in [1.807, 2.05) is 17.9 Å². The Morgan fingerprint density at radius 2 is 2.03 bits per heavy atom. The minimum atomic E-state index is 0. The summed E-state index contributed by atoms with van der Waals surface area (Å²) < 4.78 is 1.89. The number of aryl methyl sites for hydroxylation is 1. The average molecular weight is 524 g/mol. The average Bonchev–Trinajstić information content (AvgIpc) is 3.35. The lowest BCUT2D eigenvalue weighted by Gasteiger charge is -2.23. The van der Waals surface area contributed by atoms with Gasteiger partial charge in [-0.3, -0.25) is 9.58 Å². The number of hydrogen-bond donors (Lipinski definition) is 1. The molecule has 0 amide bonds. The van der Waals surface area contributed by atoms with E-state index in [4.69, 9.17) is 4.99 Å². The Labute approximate surface area is 198 Å². The Bertz CT molecular complexity index is 816. The lowest BCUT2D eigenvalue weighted by atomic mass is 10.0. The van der Waals surface area contributed by atoms with Crippen LogP contribution in [0.25, 0.3) is 0 Å². The van der Waals surface area contributed by atoms with Gasteiger partial charge in [0.05, 0.1) is 12.7 Å². The van der Waals surface area contributed by atoms with E-state index in [1.165, 1.54) is 16.7 Å². The lowest BCUT2D eigenvalue weighted by Crippen LogP contribution is -2.40. The van der Waals surface area contributed by atoms with Crippen LogP contribution in [0.4, 0.5) is 0 Å². The predicted octanol–water partition coefficient (Wildman–Crippen LogP) is 3.83. The molecule has 3 rings (SSSR count). The zero-order valence-corrected chi connectivity index (χ0v) is 21.3. The number of likely N-dealkylation sites (tertiary alicyclic amines) is 1. The normalized spacial score (nSPS) is 17.0. The fourth-order valence-electron chi connectivity index (χ4n) is 3.78. The van der Waals surface area contributed by atoms with Gasteiger partial charge in [0.1, 0.15) is 0 Å². The van der Waals surface area contributed by atoms with Gasteiger partial charge in [-0.1, -0.05) is 24.3 Å². The Morgan fingerprint density at radius 1 is 1.30 bits per heavy atom. The van der Waals surface area contributed by atoms with Crippen LogP contribution < -0.4 is 5.32 Å². The Morgan fingerprint density at radius 3 is 2.67 bits per heavy atom.